The number of carbonyl (C=O) groups excluding carboxylic acids is 3. The van der Waals surface area contributed by atoms with Gasteiger partial charge in [-0.05, 0) is 69.9 Å². The molecule has 0 unspecified atom stereocenters. The molecule has 32 heavy (non-hydrogen) atoms. The molecule has 1 heterocycles. The van der Waals surface area contributed by atoms with Crippen LogP contribution in [0.25, 0.3) is 6.08 Å². The average Bonchev–Trinajstić information content (AvgIpc) is 2.77. The Balaban J connectivity index is 1.57. The van der Waals surface area contributed by atoms with Crippen molar-refractivity contribution in [3.8, 4) is 5.75 Å². The van der Waals surface area contributed by atoms with E-state index in [-0.39, 0.29) is 5.57 Å². The molecule has 1 N–H and O–H groups in total. The number of carbonyl (C=O) groups is 3. The molecule has 0 bridgehead atoms. The molecule has 0 aliphatic carbocycles. The van der Waals surface area contributed by atoms with Crippen LogP contribution in [0.3, 0.4) is 0 Å². The Morgan fingerprint density at radius 1 is 0.969 bits per heavy atom. The molecule has 1 aliphatic rings. The van der Waals surface area contributed by atoms with E-state index in [1.54, 1.807) is 36.4 Å². The van der Waals surface area contributed by atoms with Gasteiger partial charge in [-0.25, -0.2) is 9.69 Å². The molecule has 6 nitrogen and oxygen atoms in total. The van der Waals surface area contributed by atoms with Gasteiger partial charge in [0.05, 0.1) is 10.2 Å². The summed E-state index contributed by atoms with van der Waals surface area (Å²) in [5, 5.41) is 2.24. The van der Waals surface area contributed by atoms with E-state index in [0.29, 0.717) is 28.1 Å². The van der Waals surface area contributed by atoms with E-state index in [1.165, 1.54) is 6.08 Å². The summed E-state index contributed by atoms with van der Waals surface area (Å²) in [4.78, 5) is 38.7. The Bertz CT molecular complexity index is 1240. The van der Waals surface area contributed by atoms with E-state index >= 15 is 0 Å². The SMILES string of the molecule is Cc1cccc(N2C(=O)NC(=O)/C(=C\c3ccc(OCc4ccccc4)c(Br)c3)C2=O)c1. The Morgan fingerprint density at radius 3 is 2.47 bits per heavy atom. The maximum absolute atomic E-state index is 13.0. The van der Waals surface area contributed by atoms with Crippen molar-refractivity contribution in [2.45, 2.75) is 13.5 Å². The number of benzene rings is 3. The van der Waals surface area contributed by atoms with E-state index in [0.717, 1.165) is 16.0 Å². The van der Waals surface area contributed by atoms with Crippen LogP contribution in [0.4, 0.5) is 10.5 Å². The van der Waals surface area contributed by atoms with Crippen molar-refractivity contribution in [3.05, 3.63) is 99.5 Å². The van der Waals surface area contributed by atoms with Gasteiger partial charge in [0, 0.05) is 0 Å². The third-order valence-corrected chi connectivity index (χ3v) is 5.49. The van der Waals surface area contributed by atoms with Gasteiger partial charge in [-0.2, -0.15) is 0 Å². The molecule has 0 saturated carbocycles. The Labute approximate surface area is 193 Å². The zero-order valence-electron chi connectivity index (χ0n) is 17.2. The lowest BCUT2D eigenvalue weighted by atomic mass is 10.1. The molecule has 3 aromatic rings. The minimum absolute atomic E-state index is 0.129. The number of aryl methyl sites for hydroxylation is 1. The number of imide groups is 2. The minimum atomic E-state index is -0.770. The summed E-state index contributed by atoms with van der Waals surface area (Å²) < 4.78 is 6.52. The summed E-state index contributed by atoms with van der Waals surface area (Å²) in [7, 11) is 0. The van der Waals surface area contributed by atoms with Crippen molar-refractivity contribution >= 4 is 45.5 Å². The standard InChI is InChI=1S/C25H19BrN2O4/c1-16-6-5-9-19(12-16)28-24(30)20(23(29)27-25(28)31)13-18-10-11-22(21(26)14-18)32-15-17-7-3-2-4-8-17/h2-14H,15H2,1H3,(H,27,29,31)/b20-13+. The Kier molecular flexibility index (Phi) is 6.18. The first-order valence-corrected chi connectivity index (χ1v) is 10.7. The normalized spacial score (nSPS) is 15.1. The summed E-state index contributed by atoms with van der Waals surface area (Å²) in [6.07, 6.45) is 1.46. The maximum atomic E-state index is 13.0. The summed E-state index contributed by atoms with van der Waals surface area (Å²) in [5.74, 6) is -0.777. The largest absolute Gasteiger partial charge is 0.488 e. The quantitative estimate of drug-likeness (QED) is 0.403. The molecule has 160 valence electrons. The number of nitrogens with zero attached hydrogens (tertiary/aromatic N) is 1. The molecule has 3 aromatic carbocycles. The van der Waals surface area contributed by atoms with Gasteiger partial charge in [-0.3, -0.25) is 14.9 Å². The average molecular weight is 491 g/mol. The van der Waals surface area contributed by atoms with Crippen molar-refractivity contribution in [3.63, 3.8) is 0 Å². The van der Waals surface area contributed by atoms with Gasteiger partial charge in [0.1, 0.15) is 17.9 Å². The smallest absolute Gasteiger partial charge is 0.335 e. The van der Waals surface area contributed by atoms with Crippen molar-refractivity contribution in [1.82, 2.24) is 5.32 Å². The molecular weight excluding hydrogens is 472 g/mol. The number of halogens is 1. The number of barbiturate groups is 1. The first-order chi connectivity index (χ1) is 15.4. The Hall–Kier alpha value is -3.71. The second kappa shape index (κ2) is 9.20. The number of rotatable bonds is 5. The second-order valence-electron chi connectivity index (χ2n) is 7.26. The topological polar surface area (TPSA) is 75.7 Å². The van der Waals surface area contributed by atoms with Crippen LogP contribution in [0.2, 0.25) is 0 Å². The van der Waals surface area contributed by atoms with Crippen LogP contribution in [0.1, 0.15) is 16.7 Å². The molecule has 0 radical (unpaired) electrons. The lowest BCUT2D eigenvalue weighted by Gasteiger charge is -2.26. The molecule has 1 saturated heterocycles. The second-order valence-corrected chi connectivity index (χ2v) is 8.12. The first kappa shape index (κ1) is 21.5. The van der Waals surface area contributed by atoms with Gasteiger partial charge < -0.3 is 4.74 Å². The van der Waals surface area contributed by atoms with Gasteiger partial charge in [0.2, 0.25) is 0 Å². The highest BCUT2D eigenvalue weighted by atomic mass is 79.9. The van der Waals surface area contributed by atoms with Crippen LogP contribution in [0.15, 0.2) is 82.8 Å². The zero-order chi connectivity index (χ0) is 22.7. The number of anilines is 1. The van der Waals surface area contributed by atoms with Gasteiger partial charge in [0.25, 0.3) is 11.8 Å². The van der Waals surface area contributed by atoms with Crippen LogP contribution >= 0.6 is 15.9 Å². The van der Waals surface area contributed by atoms with Gasteiger partial charge in [0.15, 0.2) is 0 Å². The van der Waals surface area contributed by atoms with E-state index in [1.807, 2.05) is 43.3 Å². The fraction of sp³-hybridized carbons (Fsp3) is 0.0800. The fourth-order valence-corrected chi connectivity index (χ4v) is 3.80. The Morgan fingerprint density at radius 2 is 1.75 bits per heavy atom. The first-order valence-electron chi connectivity index (χ1n) is 9.87. The number of hydrogen-bond acceptors (Lipinski definition) is 4. The van der Waals surface area contributed by atoms with Gasteiger partial charge in [-0.1, -0.05) is 48.5 Å². The van der Waals surface area contributed by atoms with Crippen LogP contribution in [-0.2, 0) is 16.2 Å². The third-order valence-electron chi connectivity index (χ3n) is 4.87. The van der Waals surface area contributed by atoms with Gasteiger partial charge in [-0.15, -0.1) is 0 Å². The van der Waals surface area contributed by atoms with Crippen molar-refractivity contribution in [1.29, 1.82) is 0 Å². The molecule has 0 aromatic heterocycles. The van der Waals surface area contributed by atoms with Crippen LogP contribution in [-0.4, -0.2) is 17.8 Å². The molecule has 7 heteroatoms. The molecule has 1 aliphatic heterocycles. The molecule has 0 spiro atoms. The molecule has 4 rings (SSSR count). The summed E-state index contributed by atoms with van der Waals surface area (Å²) in [6.45, 7) is 2.27. The van der Waals surface area contributed by atoms with Crippen molar-refractivity contribution in [2.24, 2.45) is 0 Å². The lowest BCUT2D eigenvalue weighted by molar-refractivity contribution is -0.122. The summed E-state index contributed by atoms with van der Waals surface area (Å²) in [6, 6.07) is 21.2. The van der Waals surface area contributed by atoms with E-state index < -0.39 is 17.8 Å². The number of ether oxygens (including phenoxy) is 1. The predicted molar refractivity (Wildman–Crippen MR) is 125 cm³/mol. The number of amides is 4. The maximum Gasteiger partial charge on any atom is 0.335 e. The highest BCUT2D eigenvalue weighted by Gasteiger charge is 2.36. The molecule has 0 atom stereocenters. The number of hydrogen-bond donors (Lipinski definition) is 1. The predicted octanol–water partition coefficient (Wildman–Crippen LogP) is 5.00. The monoisotopic (exact) mass is 490 g/mol. The highest BCUT2D eigenvalue weighted by Crippen LogP contribution is 2.29. The van der Waals surface area contributed by atoms with Crippen LogP contribution in [0.5, 0.6) is 5.75 Å². The molecular formula is C25H19BrN2O4. The summed E-state index contributed by atoms with van der Waals surface area (Å²) in [5.41, 5.74) is 2.81. The summed E-state index contributed by atoms with van der Waals surface area (Å²) >= 11 is 3.48. The van der Waals surface area contributed by atoms with E-state index in [9.17, 15) is 14.4 Å². The van der Waals surface area contributed by atoms with Crippen LogP contribution in [0, 0.1) is 6.92 Å². The molecule has 1 fully saturated rings. The van der Waals surface area contributed by atoms with Crippen molar-refractivity contribution < 1.29 is 19.1 Å². The fourth-order valence-electron chi connectivity index (χ4n) is 3.28. The van der Waals surface area contributed by atoms with E-state index in [2.05, 4.69) is 21.2 Å². The van der Waals surface area contributed by atoms with Crippen LogP contribution < -0.4 is 15.0 Å². The van der Waals surface area contributed by atoms with E-state index in [4.69, 9.17) is 4.74 Å². The van der Waals surface area contributed by atoms with Gasteiger partial charge >= 0.3 is 6.03 Å². The van der Waals surface area contributed by atoms with Crippen molar-refractivity contribution in [2.75, 3.05) is 4.90 Å². The molecule has 4 amide bonds. The number of urea groups is 1. The minimum Gasteiger partial charge on any atom is -0.488 e. The zero-order valence-corrected chi connectivity index (χ0v) is 18.8. The lowest BCUT2D eigenvalue weighted by Crippen LogP contribution is -2.54. The number of nitrogens with one attached hydrogen (secondary N) is 1. The highest BCUT2D eigenvalue weighted by molar-refractivity contribution is 9.10. The third kappa shape index (κ3) is 4.63.